The molecule has 2 rings (SSSR count). The molecule has 0 aromatic carbocycles. The number of rotatable bonds is 2. The molecule has 0 spiro atoms. The molecule has 0 radical (unpaired) electrons. The van der Waals surface area contributed by atoms with Crippen molar-refractivity contribution in [3.63, 3.8) is 0 Å². The van der Waals surface area contributed by atoms with Crippen molar-refractivity contribution >= 4 is 0 Å². The summed E-state index contributed by atoms with van der Waals surface area (Å²) >= 11 is 0. The molecule has 10 nitrogen and oxygen atoms in total. The van der Waals surface area contributed by atoms with E-state index in [9.17, 15) is 25.3 Å². The average molecular weight is 230 g/mol. The van der Waals surface area contributed by atoms with Gasteiger partial charge in [-0.3, -0.25) is 20.2 Å². The Balaban J connectivity index is 2.46. The second-order valence-electron chi connectivity index (χ2n) is 3.12. The summed E-state index contributed by atoms with van der Waals surface area (Å²) in [5.41, 5.74) is 3.58. The highest BCUT2D eigenvalue weighted by molar-refractivity contribution is 5.37. The Bertz CT molecular complexity index is 429. The largest absolute Gasteiger partial charge is 0.379 e. The third kappa shape index (κ3) is 1.36. The van der Waals surface area contributed by atoms with Crippen LogP contribution in [0.2, 0.25) is 0 Å². The topological polar surface area (TPSA) is 140 Å². The van der Waals surface area contributed by atoms with Crippen LogP contribution in [0.15, 0.2) is 23.2 Å². The van der Waals surface area contributed by atoms with Gasteiger partial charge >= 0.3 is 0 Å². The summed E-state index contributed by atoms with van der Waals surface area (Å²) < 4.78 is 0. The third-order valence-electron chi connectivity index (χ3n) is 2.23. The van der Waals surface area contributed by atoms with Gasteiger partial charge in [0.15, 0.2) is 11.8 Å². The molecular formula is C6H6N4O6. The first-order valence-corrected chi connectivity index (χ1v) is 4.12. The number of nitrogens with zero attached hydrogens (tertiary/aromatic N) is 2. The fourth-order valence-corrected chi connectivity index (χ4v) is 1.47. The Morgan fingerprint density at radius 1 is 1.38 bits per heavy atom. The van der Waals surface area contributed by atoms with Crippen LogP contribution in [0.5, 0.6) is 0 Å². The quantitative estimate of drug-likeness (QED) is 0.381. The zero-order chi connectivity index (χ0) is 11.9. The fraction of sp³-hybridized carbons (Fsp3) is 0.333. The molecule has 1 heterocycles. The van der Waals surface area contributed by atoms with Crippen molar-refractivity contribution < 1.29 is 19.9 Å². The smallest absolute Gasteiger partial charge is 0.299 e. The maximum Gasteiger partial charge on any atom is 0.299 e. The zero-order valence-electron chi connectivity index (χ0n) is 7.61. The summed E-state index contributed by atoms with van der Waals surface area (Å²) in [6, 6.07) is -1.57. The number of aliphatic hydroxyl groups is 1. The van der Waals surface area contributed by atoms with E-state index >= 15 is 0 Å². The van der Waals surface area contributed by atoms with Crippen LogP contribution in [0.3, 0.4) is 0 Å². The minimum atomic E-state index is -1.57. The second kappa shape index (κ2) is 3.43. The summed E-state index contributed by atoms with van der Waals surface area (Å²) in [5, 5.41) is 30.8. The Morgan fingerprint density at radius 3 is 2.62 bits per heavy atom. The highest BCUT2D eigenvalue weighted by Gasteiger charge is 2.45. The number of hydrogen-bond donors (Lipinski definition) is 3. The van der Waals surface area contributed by atoms with E-state index in [1.807, 2.05) is 0 Å². The summed E-state index contributed by atoms with van der Waals surface area (Å²) in [4.78, 5) is 24.1. The van der Waals surface area contributed by atoms with Gasteiger partial charge in [0.1, 0.15) is 5.70 Å². The predicted octanol–water partition coefficient (Wildman–Crippen LogP) is -1.58. The number of hydroxylamine groups is 2. The summed E-state index contributed by atoms with van der Waals surface area (Å²) in [6.45, 7) is 0. The van der Waals surface area contributed by atoms with E-state index in [1.54, 1.807) is 0 Å². The van der Waals surface area contributed by atoms with Gasteiger partial charge in [0.25, 0.3) is 11.7 Å². The summed E-state index contributed by atoms with van der Waals surface area (Å²) in [5.74, 6) is 0. The lowest BCUT2D eigenvalue weighted by molar-refractivity contribution is -0.522. The monoisotopic (exact) mass is 230 g/mol. The molecule has 1 aliphatic heterocycles. The van der Waals surface area contributed by atoms with Gasteiger partial charge in [0.2, 0.25) is 0 Å². The molecule has 2 aliphatic rings. The first-order chi connectivity index (χ1) is 7.52. The molecule has 0 bridgehead atoms. The SMILES string of the molecule is O=[N+]([O-])C1=CC([N+](=O)[O-])C(O)C2=C1NON2. The molecule has 3 N–H and O–H groups in total. The number of hydrogen-bond acceptors (Lipinski definition) is 8. The Hall–Kier alpha value is -2.20. The number of nitro groups is 2. The lowest BCUT2D eigenvalue weighted by atomic mass is 9.99. The molecule has 0 fully saturated rings. The van der Waals surface area contributed by atoms with Gasteiger partial charge < -0.3 is 5.11 Å². The molecule has 0 aromatic rings. The Morgan fingerprint density at radius 2 is 2.06 bits per heavy atom. The molecule has 0 amide bonds. The normalized spacial score (nSPS) is 27.7. The van der Waals surface area contributed by atoms with Crippen LogP contribution in [0.4, 0.5) is 0 Å². The van der Waals surface area contributed by atoms with Gasteiger partial charge in [0.05, 0.1) is 11.0 Å². The van der Waals surface area contributed by atoms with Crippen molar-refractivity contribution in [3.8, 4) is 0 Å². The molecule has 0 saturated carbocycles. The summed E-state index contributed by atoms with van der Waals surface area (Å²) in [6.07, 6.45) is -0.740. The van der Waals surface area contributed by atoms with Crippen LogP contribution in [-0.4, -0.2) is 27.1 Å². The van der Waals surface area contributed by atoms with Crippen molar-refractivity contribution in [2.75, 3.05) is 0 Å². The number of nitrogens with one attached hydrogen (secondary N) is 2. The maximum atomic E-state index is 10.6. The van der Waals surface area contributed by atoms with Crippen molar-refractivity contribution in [1.29, 1.82) is 0 Å². The van der Waals surface area contributed by atoms with Crippen molar-refractivity contribution in [3.05, 3.63) is 43.4 Å². The van der Waals surface area contributed by atoms with Gasteiger partial charge in [-0.25, -0.2) is 11.0 Å². The van der Waals surface area contributed by atoms with Crippen LogP contribution in [-0.2, 0) is 4.94 Å². The van der Waals surface area contributed by atoms with Crippen LogP contribution in [0.25, 0.3) is 0 Å². The Kier molecular flexibility index (Phi) is 2.21. The highest BCUT2D eigenvalue weighted by Crippen LogP contribution is 2.26. The van der Waals surface area contributed by atoms with E-state index in [1.165, 1.54) is 0 Å². The standard InChI is InChI=1S/C6H6N4O6/c11-6-3(10(14)15)1-2(9(12)13)4-5(6)8-16-7-4/h1,3,6-8,11H. The van der Waals surface area contributed by atoms with E-state index in [0.29, 0.717) is 0 Å². The Labute approximate surface area is 87.4 Å². The minimum Gasteiger partial charge on any atom is -0.379 e. The zero-order valence-corrected chi connectivity index (χ0v) is 7.61. The van der Waals surface area contributed by atoms with E-state index in [4.69, 9.17) is 0 Å². The molecule has 2 unspecified atom stereocenters. The minimum absolute atomic E-state index is 0.101. The second-order valence-corrected chi connectivity index (χ2v) is 3.12. The first kappa shape index (κ1) is 10.3. The molecule has 16 heavy (non-hydrogen) atoms. The maximum absolute atomic E-state index is 10.6. The lowest BCUT2D eigenvalue weighted by Gasteiger charge is -2.17. The van der Waals surface area contributed by atoms with E-state index in [0.717, 1.165) is 6.08 Å². The lowest BCUT2D eigenvalue weighted by Crippen LogP contribution is -2.40. The van der Waals surface area contributed by atoms with Gasteiger partial charge in [0, 0.05) is 4.92 Å². The molecule has 10 heteroatoms. The molecule has 2 atom stereocenters. The average Bonchev–Trinajstić information content (AvgIpc) is 2.66. The molecular weight excluding hydrogens is 224 g/mol. The summed E-state index contributed by atoms with van der Waals surface area (Å²) in [7, 11) is 0. The first-order valence-electron chi connectivity index (χ1n) is 4.12. The van der Waals surface area contributed by atoms with Gasteiger partial charge in [-0.2, -0.15) is 4.94 Å². The van der Waals surface area contributed by atoms with Crippen molar-refractivity contribution in [1.82, 2.24) is 11.0 Å². The van der Waals surface area contributed by atoms with Crippen LogP contribution >= 0.6 is 0 Å². The highest BCUT2D eigenvalue weighted by atomic mass is 16.8. The third-order valence-corrected chi connectivity index (χ3v) is 2.23. The van der Waals surface area contributed by atoms with Gasteiger partial charge in [-0.1, -0.05) is 0 Å². The van der Waals surface area contributed by atoms with Crippen molar-refractivity contribution in [2.24, 2.45) is 0 Å². The molecule has 86 valence electrons. The fourth-order valence-electron chi connectivity index (χ4n) is 1.47. The van der Waals surface area contributed by atoms with E-state index < -0.39 is 27.7 Å². The van der Waals surface area contributed by atoms with Gasteiger partial charge in [-0.15, -0.1) is 0 Å². The van der Waals surface area contributed by atoms with Crippen LogP contribution in [0.1, 0.15) is 0 Å². The van der Waals surface area contributed by atoms with Crippen LogP contribution in [0, 0.1) is 20.2 Å². The molecule has 1 aliphatic carbocycles. The molecule has 0 saturated heterocycles. The van der Waals surface area contributed by atoms with Crippen LogP contribution < -0.4 is 11.0 Å². The van der Waals surface area contributed by atoms with Crippen molar-refractivity contribution in [2.45, 2.75) is 12.1 Å². The van der Waals surface area contributed by atoms with Gasteiger partial charge in [-0.05, 0) is 0 Å². The number of aliphatic hydroxyl groups excluding tert-OH is 1. The van der Waals surface area contributed by atoms with E-state index in [-0.39, 0.29) is 11.4 Å². The predicted molar refractivity (Wildman–Crippen MR) is 46.2 cm³/mol. The van der Waals surface area contributed by atoms with E-state index in [2.05, 4.69) is 15.9 Å². The molecule has 0 aromatic heterocycles.